The second-order valence-corrected chi connectivity index (χ2v) is 2.98. The highest BCUT2D eigenvalue weighted by atomic mass is 32.1. The van der Waals surface area contributed by atoms with E-state index in [2.05, 4.69) is 12.2 Å². The average Bonchev–Trinajstić information content (AvgIpc) is 2.00. The van der Waals surface area contributed by atoms with Gasteiger partial charge >= 0.3 is 11.9 Å². The van der Waals surface area contributed by atoms with Gasteiger partial charge in [-0.15, -0.1) is 0 Å². The molecule has 0 radical (unpaired) electrons. The van der Waals surface area contributed by atoms with Gasteiger partial charge in [-0.05, 0) is 6.92 Å². The molecule has 6 nitrogen and oxygen atoms in total. The number of rotatable bonds is 4. The Hall–Kier alpha value is -1.05. The average molecular weight is 208 g/mol. The predicted octanol–water partition coefficient (Wildman–Crippen LogP) is -1.36. The largest absolute Gasteiger partial charge is 0.479 e. The summed E-state index contributed by atoms with van der Waals surface area (Å²) in [5.74, 6) is -3.75. The zero-order chi connectivity index (χ0) is 10.8. The summed E-state index contributed by atoms with van der Waals surface area (Å²) >= 11 is 4.35. The number of thiocarbonyl (C=S) groups is 1. The summed E-state index contributed by atoms with van der Waals surface area (Å²) in [6, 6.07) is 0. The Labute approximate surface area is 78.4 Å². The van der Waals surface area contributed by atoms with Crippen molar-refractivity contribution in [1.29, 1.82) is 0 Å². The molecule has 0 aliphatic rings. The summed E-state index contributed by atoms with van der Waals surface area (Å²) in [6.45, 7) is 1.04. The summed E-state index contributed by atoms with van der Waals surface area (Å²) < 4.78 is 0. The molecule has 0 aromatic heterocycles. The topological polar surface area (TPSA) is 115 Å². The molecule has 7 heteroatoms. The second-order valence-electron chi connectivity index (χ2n) is 2.37. The van der Waals surface area contributed by atoms with Gasteiger partial charge in [0.2, 0.25) is 5.60 Å². The molecule has 2 unspecified atom stereocenters. The Balaban J connectivity index is 5.13. The van der Waals surface area contributed by atoms with E-state index in [1.807, 2.05) is 0 Å². The number of hydrogen-bond acceptors (Lipinski definition) is 5. The van der Waals surface area contributed by atoms with Crippen molar-refractivity contribution in [3.05, 3.63) is 0 Å². The third-order valence-corrected chi connectivity index (χ3v) is 1.80. The molecule has 74 valence electrons. The number of carbonyl (C=O) groups is 2. The molecular weight excluding hydrogens is 200 g/mol. The van der Waals surface area contributed by atoms with Crippen LogP contribution in [0.3, 0.4) is 0 Å². The molecule has 2 atom stereocenters. The fraction of sp³-hybridized carbons (Fsp3) is 0.500. The molecule has 0 fully saturated rings. The van der Waals surface area contributed by atoms with Crippen LogP contribution in [0.25, 0.3) is 0 Å². The van der Waals surface area contributed by atoms with Crippen LogP contribution in [0.4, 0.5) is 0 Å². The van der Waals surface area contributed by atoms with Crippen molar-refractivity contribution in [1.82, 2.24) is 0 Å². The minimum absolute atomic E-state index is 0.519. The maximum atomic E-state index is 10.4. The summed E-state index contributed by atoms with van der Waals surface area (Å²) in [5.41, 5.74) is -2.92. The number of aliphatic hydroxyl groups excluding tert-OH is 1. The lowest BCUT2D eigenvalue weighted by atomic mass is 9.93. The highest BCUT2D eigenvalue weighted by molar-refractivity contribution is 7.80. The molecule has 0 saturated carbocycles. The monoisotopic (exact) mass is 208 g/mol. The van der Waals surface area contributed by atoms with Crippen LogP contribution < -0.4 is 0 Å². The van der Waals surface area contributed by atoms with E-state index in [4.69, 9.17) is 15.3 Å². The standard InChI is InChI=1S/C6H8O6S/c1-2(13)6(12,5(10)11)3(7)4(8)9/h3,7,12H,1H3,(H,8,9)(H,10,11). The summed E-state index contributed by atoms with van der Waals surface area (Å²) in [6.07, 6.45) is -2.47. The smallest absolute Gasteiger partial charge is 0.344 e. The Morgan fingerprint density at radius 2 is 1.77 bits per heavy atom. The summed E-state index contributed by atoms with van der Waals surface area (Å²) in [7, 11) is 0. The van der Waals surface area contributed by atoms with Crippen LogP contribution in [0, 0.1) is 0 Å². The molecule has 0 spiro atoms. The van der Waals surface area contributed by atoms with Crippen LogP contribution in [0.1, 0.15) is 6.92 Å². The van der Waals surface area contributed by atoms with Crippen LogP contribution in [-0.4, -0.2) is 48.9 Å². The SMILES string of the molecule is CC(=S)C(O)(C(=O)O)C(O)C(=O)O. The first-order valence-electron chi connectivity index (χ1n) is 3.12. The van der Waals surface area contributed by atoms with Crippen molar-refractivity contribution >= 4 is 29.0 Å². The quantitative estimate of drug-likeness (QED) is 0.421. The number of aliphatic carboxylic acids is 2. The van der Waals surface area contributed by atoms with Crippen molar-refractivity contribution in [2.75, 3.05) is 0 Å². The highest BCUT2D eigenvalue weighted by Crippen LogP contribution is 2.14. The minimum atomic E-state index is -2.92. The van der Waals surface area contributed by atoms with Gasteiger partial charge in [0.1, 0.15) is 0 Å². The molecule has 0 aromatic carbocycles. The Morgan fingerprint density at radius 1 is 1.38 bits per heavy atom. The molecule has 0 bridgehead atoms. The lowest BCUT2D eigenvalue weighted by Crippen LogP contribution is -2.57. The van der Waals surface area contributed by atoms with Crippen LogP contribution >= 0.6 is 12.2 Å². The van der Waals surface area contributed by atoms with Crippen molar-refractivity contribution in [2.24, 2.45) is 0 Å². The fourth-order valence-electron chi connectivity index (χ4n) is 0.639. The minimum Gasteiger partial charge on any atom is -0.479 e. The van der Waals surface area contributed by atoms with Gasteiger partial charge < -0.3 is 20.4 Å². The predicted molar refractivity (Wildman–Crippen MR) is 44.5 cm³/mol. The highest BCUT2D eigenvalue weighted by Gasteiger charge is 2.49. The van der Waals surface area contributed by atoms with Gasteiger partial charge in [0.25, 0.3) is 0 Å². The molecule has 0 aromatic rings. The molecular formula is C6H8O6S. The summed E-state index contributed by atoms with van der Waals surface area (Å²) in [4.78, 5) is 20.2. The second kappa shape index (κ2) is 3.77. The van der Waals surface area contributed by atoms with Gasteiger partial charge in [-0.3, -0.25) is 0 Å². The fourth-order valence-corrected chi connectivity index (χ4v) is 0.838. The van der Waals surface area contributed by atoms with Crippen LogP contribution in [-0.2, 0) is 9.59 Å². The lowest BCUT2D eigenvalue weighted by molar-refractivity contribution is -0.172. The van der Waals surface area contributed by atoms with Gasteiger partial charge in [0.15, 0.2) is 6.10 Å². The normalized spacial score (nSPS) is 17.2. The van der Waals surface area contributed by atoms with E-state index >= 15 is 0 Å². The molecule has 4 N–H and O–H groups in total. The number of carboxylic acids is 2. The summed E-state index contributed by atoms with van der Waals surface area (Å²) in [5, 5.41) is 34.8. The molecule has 0 aliphatic heterocycles. The first-order chi connectivity index (χ1) is 5.74. The molecule has 0 amide bonds. The van der Waals surface area contributed by atoms with Crippen LogP contribution in [0.5, 0.6) is 0 Å². The van der Waals surface area contributed by atoms with E-state index in [9.17, 15) is 14.7 Å². The third-order valence-electron chi connectivity index (χ3n) is 1.49. The van der Waals surface area contributed by atoms with Crippen molar-refractivity contribution in [3.63, 3.8) is 0 Å². The Kier molecular flexibility index (Phi) is 3.47. The van der Waals surface area contributed by atoms with E-state index in [0.717, 1.165) is 6.92 Å². The molecule has 13 heavy (non-hydrogen) atoms. The molecule has 0 rings (SSSR count). The van der Waals surface area contributed by atoms with Gasteiger partial charge in [-0.2, -0.15) is 0 Å². The molecule has 0 heterocycles. The maximum Gasteiger partial charge on any atom is 0.344 e. The van der Waals surface area contributed by atoms with E-state index in [-0.39, 0.29) is 0 Å². The van der Waals surface area contributed by atoms with Gasteiger partial charge in [-0.1, -0.05) is 12.2 Å². The number of hydrogen-bond donors (Lipinski definition) is 4. The van der Waals surface area contributed by atoms with E-state index in [0.29, 0.717) is 0 Å². The third kappa shape index (κ3) is 2.00. The van der Waals surface area contributed by atoms with Gasteiger partial charge in [0, 0.05) is 4.86 Å². The van der Waals surface area contributed by atoms with Gasteiger partial charge in [-0.25, -0.2) is 9.59 Å². The van der Waals surface area contributed by atoms with Crippen LogP contribution in [0.15, 0.2) is 0 Å². The molecule has 0 saturated heterocycles. The maximum absolute atomic E-state index is 10.4. The zero-order valence-electron chi connectivity index (χ0n) is 6.59. The van der Waals surface area contributed by atoms with Gasteiger partial charge in [0.05, 0.1) is 0 Å². The van der Waals surface area contributed by atoms with Crippen LogP contribution in [0.2, 0.25) is 0 Å². The first kappa shape index (κ1) is 11.9. The number of aliphatic hydroxyl groups is 2. The number of carboxylic acid groups (broad SMARTS) is 2. The van der Waals surface area contributed by atoms with E-state index in [1.165, 1.54) is 0 Å². The Morgan fingerprint density at radius 3 is 1.85 bits per heavy atom. The van der Waals surface area contributed by atoms with E-state index < -0.39 is 28.5 Å². The zero-order valence-corrected chi connectivity index (χ0v) is 7.41. The van der Waals surface area contributed by atoms with Crippen molar-refractivity contribution < 1.29 is 30.0 Å². The molecule has 0 aliphatic carbocycles. The lowest BCUT2D eigenvalue weighted by Gasteiger charge is -2.24. The van der Waals surface area contributed by atoms with E-state index in [1.54, 1.807) is 0 Å². The van der Waals surface area contributed by atoms with Crippen molar-refractivity contribution in [2.45, 2.75) is 18.6 Å². The van der Waals surface area contributed by atoms with Crippen molar-refractivity contribution in [3.8, 4) is 0 Å². The Bertz CT molecular complexity index is 246. The first-order valence-corrected chi connectivity index (χ1v) is 3.53.